The van der Waals surface area contributed by atoms with Crippen molar-refractivity contribution in [1.82, 2.24) is 9.55 Å². The van der Waals surface area contributed by atoms with E-state index in [1.807, 2.05) is 26.2 Å². The fourth-order valence-corrected chi connectivity index (χ4v) is 3.48. The zero-order valence-electron chi connectivity index (χ0n) is 14.5. The number of nitrogens with zero attached hydrogens (tertiary/aromatic N) is 2. The van der Waals surface area contributed by atoms with Gasteiger partial charge in [-0.05, 0) is 24.3 Å². The van der Waals surface area contributed by atoms with Gasteiger partial charge in [0, 0.05) is 33.9 Å². The van der Waals surface area contributed by atoms with E-state index in [-0.39, 0.29) is 0 Å². The molecule has 0 saturated heterocycles. The van der Waals surface area contributed by atoms with Gasteiger partial charge in [0.25, 0.3) is 0 Å². The van der Waals surface area contributed by atoms with Crippen LogP contribution >= 0.6 is 0 Å². The average Bonchev–Trinajstić information content (AvgIpc) is 3.04. The summed E-state index contributed by atoms with van der Waals surface area (Å²) in [6.45, 7) is 4.00. The van der Waals surface area contributed by atoms with Crippen molar-refractivity contribution in [1.29, 1.82) is 0 Å². The molecule has 122 valence electrons. The maximum atomic E-state index is 4.25. The van der Waals surface area contributed by atoms with Crippen molar-refractivity contribution in [3.8, 4) is 5.69 Å². The van der Waals surface area contributed by atoms with Crippen molar-refractivity contribution in [3.05, 3.63) is 85.2 Å². The predicted molar refractivity (Wildman–Crippen MR) is 107 cm³/mol. The Bertz CT molecular complexity index is 1110. The SMILES string of the molecule is CC.c1cc(-n2c3ccccc3c3ccccc32)c2ccncc2c1. The van der Waals surface area contributed by atoms with Gasteiger partial charge >= 0.3 is 0 Å². The number of pyridine rings is 1. The van der Waals surface area contributed by atoms with Crippen LogP contribution in [0.15, 0.2) is 85.2 Å². The van der Waals surface area contributed by atoms with Crippen LogP contribution in [0.5, 0.6) is 0 Å². The fourth-order valence-electron chi connectivity index (χ4n) is 3.48. The summed E-state index contributed by atoms with van der Waals surface area (Å²) < 4.78 is 2.35. The normalized spacial score (nSPS) is 10.8. The van der Waals surface area contributed by atoms with Crippen LogP contribution in [0.2, 0.25) is 0 Å². The minimum absolute atomic E-state index is 1.16. The Morgan fingerprint density at radius 1 is 0.640 bits per heavy atom. The van der Waals surface area contributed by atoms with Crippen molar-refractivity contribution < 1.29 is 0 Å². The standard InChI is InChI=1S/C21H14N2.C2H6/c1-3-9-20-17(7-1)18-8-2-4-10-21(18)23(20)19-11-5-6-15-14-22-13-12-16(15)19;1-2/h1-14H;1-2H3. The first-order valence-electron chi connectivity index (χ1n) is 8.75. The molecule has 2 heteroatoms. The van der Waals surface area contributed by atoms with E-state index in [2.05, 4.69) is 82.3 Å². The fraction of sp³-hybridized carbons (Fsp3) is 0.0870. The molecular formula is C23H20N2. The van der Waals surface area contributed by atoms with Gasteiger partial charge in [-0.1, -0.05) is 62.4 Å². The maximum Gasteiger partial charge on any atom is 0.0541 e. The third kappa shape index (κ3) is 2.38. The molecule has 0 aliphatic carbocycles. The van der Waals surface area contributed by atoms with Gasteiger partial charge in [-0.3, -0.25) is 4.98 Å². The van der Waals surface area contributed by atoms with Crippen LogP contribution in [0, 0.1) is 0 Å². The Balaban J connectivity index is 0.000000758. The van der Waals surface area contributed by atoms with E-state index < -0.39 is 0 Å². The lowest BCUT2D eigenvalue weighted by molar-refractivity contribution is 1.19. The molecule has 5 rings (SSSR count). The molecule has 2 nitrogen and oxygen atoms in total. The van der Waals surface area contributed by atoms with Crippen molar-refractivity contribution in [2.24, 2.45) is 0 Å². The highest BCUT2D eigenvalue weighted by atomic mass is 15.0. The second-order valence-electron chi connectivity index (χ2n) is 5.74. The number of rotatable bonds is 1. The van der Waals surface area contributed by atoms with Crippen molar-refractivity contribution in [3.63, 3.8) is 0 Å². The molecule has 2 heterocycles. The van der Waals surface area contributed by atoms with Gasteiger partial charge in [-0.15, -0.1) is 0 Å². The van der Waals surface area contributed by atoms with E-state index in [1.54, 1.807) is 0 Å². The Labute approximate surface area is 147 Å². The minimum atomic E-state index is 1.16. The number of fused-ring (bicyclic) bond motifs is 4. The van der Waals surface area contributed by atoms with Gasteiger partial charge in [0.1, 0.15) is 0 Å². The lowest BCUT2D eigenvalue weighted by atomic mass is 10.1. The zero-order valence-corrected chi connectivity index (χ0v) is 14.5. The van der Waals surface area contributed by atoms with Gasteiger partial charge < -0.3 is 4.57 Å². The molecule has 0 amide bonds. The molecule has 3 aromatic carbocycles. The largest absolute Gasteiger partial charge is 0.309 e. The molecule has 0 aliphatic heterocycles. The highest BCUT2D eigenvalue weighted by Crippen LogP contribution is 2.33. The van der Waals surface area contributed by atoms with Crippen LogP contribution in [0.4, 0.5) is 0 Å². The predicted octanol–water partition coefficient (Wildman–Crippen LogP) is 6.36. The van der Waals surface area contributed by atoms with E-state index in [0.29, 0.717) is 0 Å². The number of para-hydroxylation sites is 2. The Hall–Kier alpha value is -3.13. The lowest BCUT2D eigenvalue weighted by Gasteiger charge is -2.11. The minimum Gasteiger partial charge on any atom is -0.309 e. The molecule has 25 heavy (non-hydrogen) atoms. The Morgan fingerprint density at radius 2 is 1.28 bits per heavy atom. The molecule has 0 atom stereocenters. The first kappa shape index (κ1) is 15.4. The smallest absolute Gasteiger partial charge is 0.0541 e. The van der Waals surface area contributed by atoms with Gasteiger partial charge in [-0.25, -0.2) is 0 Å². The van der Waals surface area contributed by atoms with E-state index in [4.69, 9.17) is 0 Å². The molecule has 0 radical (unpaired) electrons. The Morgan fingerprint density at radius 3 is 1.96 bits per heavy atom. The molecule has 0 fully saturated rings. The first-order chi connectivity index (χ1) is 12.4. The topological polar surface area (TPSA) is 17.8 Å². The van der Waals surface area contributed by atoms with Crippen molar-refractivity contribution in [2.45, 2.75) is 13.8 Å². The second kappa shape index (κ2) is 6.40. The molecular weight excluding hydrogens is 304 g/mol. The van der Waals surface area contributed by atoms with E-state index in [1.165, 1.54) is 32.9 Å². The molecule has 0 spiro atoms. The third-order valence-electron chi connectivity index (χ3n) is 4.48. The summed E-state index contributed by atoms with van der Waals surface area (Å²) in [4.78, 5) is 4.25. The summed E-state index contributed by atoms with van der Waals surface area (Å²) in [6.07, 6.45) is 3.78. The highest BCUT2D eigenvalue weighted by Gasteiger charge is 2.12. The number of hydrogen-bond donors (Lipinski definition) is 0. The first-order valence-corrected chi connectivity index (χ1v) is 8.75. The quantitative estimate of drug-likeness (QED) is 0.351. The summed E-state index contributed by atoms with van der Waals surface area (Å²) >= 11 is 0. The molecule has 2 aromatic heterocycles. The summed E-state index contributed by atoms with van der Waals surface area (Å²) in [7, 11) is 0. The number of aromatic nitrogens is 2. The summed E-state index contributed by atoms with van der Waals surface area (Å²) in [5, 5.41) is 4.95. The molecule has 0 aliphatic rings. The summed E-state index contributed by atoms with van der Waals surface area (Å²) in [6, 6.07) is 25.7. The highest BCUT2D eigenvalue weighted by molar-refractivity contribution is 6.10. The molecule has 0 saturated carbocycles. The average molecular weight is 324 g/mol. The van der Waals surface area contributed by atoms with Crippen LogP contribution in [0.25, 0.3) is 38.3 Å². The van der Waals surface area contributed by atoms with Crippen LogP contribution in [0.3, 0.4) is 0 Å². The van der Waals surface area contributed by atoms with E-state index in [9.17, 15) is 0 Å². The third-order valence-corrected chi connectivity index (χ3v) is 4.48. The van der Waals surface area contributed by atoms with Crippen LogP contribution in [0.1, 0.15) is 13.8 Å². The van der Waals surface area contributed by atoms with Crippen molar-refractivity contribution in [2.75, 3.05) is 0 Å². The van der Waals surface area contributed by atoms with Gasteiger partial charge in [0.05, 0.1) is 16.7 Å². The van der Waals surface area contributed by atoms with Gasteiger partial charge in [0.15, 0.2) is 0 Å². The molecule has 5 aromatic rings. The van der Waals surface area contributed by atoms with Crippen LogP contribution in [-0.4, -0.2) is 9.55 Å². The molecule has 0 unspecified atom stereocenters. The van der Waals surface area contributed by atoms with E-state index in [0.717, 1.165) is 5.39 Å². The van der Waals surface area contributed by atoms with Crippen LogP contribution in [-0.2, 0) is 0 Å². The van der Waals surface area contributed by atoms with Crippen LogP contribution < -0.4 is 0 Å². The van der Waals surface area contributed by atoms with E-state index >= 15 is 0 Å². The van der Waals surface area contributed by atoms with Gasteiger partial charge in [0.2, 0.25) is 0 Å². The van der Waals surface area contributed by atoms with Crippen molar-refractivity contribution >= 4 is 32.6 Å². The second-order valence-corrected chi connectivity index (χ2v) is 5.74. The number of benzene rings is 3. The maximum absolute atomic E-state index is 4.25. The molecule has 0 bridgehead atoms. The lowest BCUT2D eigenvalue weighted by Crippen LogP contribution is -1.95. The zero-order chi connectivity index (χ0) is 17.2. The Kier molecular flexibility index (Phi) is 3.95. The summed E-state index contributed by atoms with van der Waals surface area (Å²) in [5.41, 5.74) is 3.67. The van der Waals surface area contributed by atoms with Gasteiger partial charge in [-0.2, -0.15) is 0 Å². The molecule has 0 N–H and O–H groups in total. The number of hydrogen-bond acceptors (Lipinski definition) is 1. The monoisotopic (exact) mass is 324 g/mol. The summed E-state index contributed by atoms with van der Waals surface area (Å²) in [5.74, 6) is 0.